The fourth-order valence-electron chi connectivity index (χ4n) is 2.82. The third-order valence-electron chi connectivity index (χ3n) is 3.31. The van der Waals surface area contributed by atoms with Gasteiger partial charge in [0.1, 0.15) is 0 Å². The van der Waals surface area contributed by atoms with Crippen molar-refractivity contribution in [2.45, 2.75) is 71.4 Å². The van der Waals surface area contributed by atoms with E-state index in [1.807, 2.05) is 0 Å². The molecule has 0 unspecified atom stereocenters. The first-order valence-electron chi connectivity index (χ1n) is 6.77. The van der Waals surface area contributed by atoms with Gasteiger partial charge >= 0.3 is 0 Å². The van der Waals surface area contributed by atoms with Crippen LogP contribution in [-0.4, -0.2) is 20.7 Å². The van der Waals surface area contributed by atoms with Gasteiger partial charge in [0, 0.05) is 18.9 Å². The molecule has 2 atom stereocenters. The molecule has 0 aromatic rings. The first-order valence-corrected chi connectivity index (χ1v) is 10.2. The SMILES string of the molecule is CCO[C@]1(O[Si](C)(C)C)CCCC[C@@H]1CC. The molecule has 0 amide bonds. The Hall–Kier alpha value is 0.137. The highest BCUT2D eigenvalue weighted by Crippen LogP contribution is 2.41. The molecule has 3 heteroatoms. The van der Waals surface area contributed by atoms with Gasteiger partial charge in [0.2, 0.25) is 0 Å². The largest absolute Gasteiger partial charge is 0.391 e. The number of rotatable bonds is 5. The summed E-state index contributed by atoms with van der Waals surface area (Å²) in [5.74, 6) is 0.333. The van der Waals surface area contributed by atoms with Gasteiger partial charge in [-0.15, -0.1) is 0 Å². The van der Waals surface area contributed by atoms with E-state index in [0.29, 0.717) is 5.92 Å². The predicted octanol–water partition coefficient (Wildman–Crippen LogP) is 4.17. The standard InChI is InChI=1S/C13H28O2Si/c1-6-12-10-8-9-11-13(12,14-7-2)15-16(3,4)5/h12H,6-11H2,1-5H3/t12-,13-/m0/s1. The Morgan fingerprint density at radius 2 is 1.88 bits per heavy atom. The average Bonchev–Trinajstić information content (AvgIpc) is 2.16. The van der Waals surface area contributed by atoms with Crippen LogP contribution in [0.5, 0.6) is 0 Å². The molecule has 0 aromatic heterocycles. The summed E-state index contributed by atoms with van der Waals surface area (Å²) < 4.78 is 12.5. The summed E-state index contributed by atoms with van der Waals surface area (Å²) >= 11 is 0. The lowest BCUT2D eigenvalue weighted by Gasteiger charge is -2.46. The topological polar surface area (TPSA) is 18.5 Å². The van der Waals surface area contributed by atoms with Gasteiger partial charge in [-0.2, -0.15) is 0 Å². The first kappa shape index (κ1) is 14.2. The number of ether oxygens (including phenoxy) is 1. The summed E-state index contributed by atoms with van der Waals surface area (Å²) in [6.07, 6.45) is 6.11. The van der Waals surface area contributed by atoms with Crippen molar-refractivity contribution < 1.29 is 9.16 Å². The number of hydrogen-bond donors (Lipinski definition) is 0. The lowest BCUT2D eigenvalue weighted by atomic mass is 9.81. The molecule has 0 N–H and O–H groups in total. The van der Waals surface area contributed by atoms with Crippen molar-refractivity contribution in [2.24, 2.45) is 5.92 Å². The zero-order valence-electron chi connectivity index (χ0n) is 11.6. The van der Waals surface area contributed by atoms with Crippen LogP contribution in [0.15, 0.2) is 0 Å². The van der Waals surface area contributed by atoms with Crippen molar-refractivity contribution in [3.8, 4) is 0 Å². The lowest BCUT2D eigenvalue weighted by Crippen LogP contribution is -2.51. The van der Waals surface area contributed by atoms with E-state index < -0.39 is 8.32 Å². The zero-order valence-corrected chi connectivity index (χ0v) is 12.6. The van der Waals surface area contributed by atoms with E-state index in [2.05, 4.69) is 33.5 Å². The van der Waals surface area contributed by atoms with E-state index in [9.17, 15) is 0 Å². The molecule has 1 saturated carbocycles. The van der Waals surface area contributed by atoms with E-state index in [4.69, 9.17) is 9.16 Å². The van der Waals surface area contributed by atoms with Crippen molar-refractivity contribution >= 4 is 8.32 Å². The molecule has 0 aliphatic heterocycles. The van der Waals surface area contributed by atoms with Crippen molar-refractivity contribution in [3.05, 3.63) is 0 Å². The lowest BCUT2D eigenvalue weighted by molar-refractivity contribution is -0.236. The third kappa shape index (κ3) is 3.57. The van der Waals surface area contributed by atoms with E-state index in [-0.39, 0.29) is 5.79 Å². The molecular weight excluding hydrogens is 216 g/mol. The minimum absolute atomic E-state index is 0.258. The van der Waals surface area contributed by atoms with Crippen LogP contribution in [0.2, 0.25) is 19.6 Å². The van der Waals surface area contributed by atoms with Crippen LogP contribution in [-0.2, 0) is 9.16 Å². The van der Waals surface area contributed by atoms with Gasteiger partial charge in [-0.1, -0.05) is 13.3 Å². The van der Waals surface area contributed by atoms with Crippen molar-refractivity contribution in [1.82, 2.24) is 0 Å². The Kier molecular flexibility index (Phi) is 5.01. The van der Waals surface area contributed by atoms with Crippen LogP contribution in [0.4, 0.5) is 0 Å². The van der Waals surface area contributed by atoms with E-state index >= 15 is 0 Å². The second-order valence-electron chi connectivity index (χ2n) is 5.81. The monoisotopic (exact) mass is 244 g/mol. The summed E-state index contributed by atoms with van der Waals surface area (Å²) in [5, 5.41) is 0. The van der Waals surface area contributed by atoms with E-state index in [1.54, 1.807) is 0 Å². The van der Waals surface area contributed by atoms with Crippen molar-refractivity contribution in [3.63, 3.8) is 0 Å². The molecule has 16 heavy (non-hydrogen) atoms. The Morgan fingerprint density at radius 1 is 1.19 bits per heavy atom. The Labute approximate surface area is 102 Å². The van der Waals surface area contributed by atoms with Crippen LogP contribution in [0, 0.1) is 5.92 Å². The van der Waals surface area contributed by atoms with Gasteiger partial charge in [-0.3, -0.25) is 0 Å². The van der Waals surface area contributed by atoms with Crippen LogP contribution < -0.4 is 0 Å². The first-order chi connectivity index (χ1) is 7.43. The summed E-state index contributed by atoms with van der Waals surface area (Å²) in [6.45, 7) is 11.9. The van der Waals surface area contributed by atoms with Crippen LogP contribution in [0.3, 0.4) is 0 Å². The minimum Gasteiger partial charge on any atom is -0.391 e. The van der Waals surface area contributed by atoms with Gasteiger partial charge in [-0.25, -0.2) is 0 Å². The van der Waals surface area contributed by atoms with E-state index in [1.165, 1.54) is 25.7 Å². The molecule has 0 heterocycles. The highest BCUT2D eigenvalue weighted by Gasteiger charge is 2.44. The van der Waals surface area contributed by atoms with Gasteiger partial charge in [0.15, 0.2) is 14.1 Å². The van der Waals surface area contributed by atoms with Gasteiger partial charge in [0.25, 0.3) is 0 Å². The molecule has 1 fully saturated rings. The molecule has 1 rings (SSSR count). The summed E-state index contributed by atoms with van der Waals surface area (Å²) in [4.78, 5) is 0. The molecule has 0 aromatic carbocycles. The summed E-state index contributed by atoms with van der Waals surface area (Å²) in [5.41, 5.74) is 0. The highest BCUT2D eigenvalue weighted by molar-refractivity contribution is 6.69. The van der Waals surface area contributed by atoms with Crippen LogP contribution in [0.1, 0.15) is 46.0 Å². The van der Waals surface area contributed by atoms with E-state index in [0.717, 1.165) is 13.0 Å². The molecule has 0 spiro atoms. The van der Waals surface area contributed by atoms with Gasteiger partial charge in [0.05, 0.1) is 0 Å². The summed E-state index contributed by atoms with van der Waals surface area (Å²) in [6, 6.07) is 0. The smallest absolute Gasteiger partial charge is 0.187 e. The molecule has 1 aliphatic carbocycles. The molecule has 96 valence electrons. The maximum Gasteiger partial charge on any atom is 0.187 e. The Balaban J connectivity index is 2.82. The molecular formula is C13H28O2Si. The Bertz CT molecular complexity index is 208. The minimum atomic E-state index is -1.54. The van der Waals surface area contributed by atoms with Crippen LogP contribution >= 0.6 is 0 Å². The fraction of sp³-hybridized carbons (Fsp3) is 1.00. The van der Waals surface area contributed by atoms with Crippen molar-refractivity contribution in [1.29, 1.82) is 0 Å². The Morgan fingerprint density at radius 3 is 2.38 bits per heavy atom. The van der Waals surface area contributed by atoms with Gasteiger partial charge in [-0.05, 0) is 45.8 Å². The molecule has 0 bridgehead atoms. The maximum absolute atomic E-state index is 6.43. The average molecular weight is 244 g/mol. The molecule has 2 nitrogen and oxygen atoms in total. The maximum atomic E-state index is 6.43. The predicted molar refractivity (Wildman–Crippen MR) is 71.0 cm³/mol. The number of hydrogen-bond acceptors (Lipinski definition) is 2. The van der Waals surface area contributed by atoms with Crippen LogP contribution in [0.25, 0.3) is 0 Å². The molecule has 0 radical (unpaired) electrons. The van der Waals surface area contributed by atoms with Crippen molar-refractivity contribution in [2.75, 3.05) is 6.61 Å². The zero-order chi connectivity index (χ0) is 12.2. The quantitative estimate of drug-likeness (QED) is 0.534. The fourth-order valence-corrected chi connectivity index (χ4v) is 4.18. The second-order valence-corrected chi connectivity index (χ2v) is 10.2. The second kappa shape index (κ2) is 5.65. The normalized spacial score (nSPS) is 31.7. The molecule has 1 aliphatic rings. The molecule has 0 saturated heterocycles. The summed E-state index contributed by atoms with van der Waals surface area (Å²) in [7, 11) is -1.54. The third-order valence-corrected chi connectivity index (χ3v) is 4.27. The van der Waals surface area contributed by atoms with Gasteiger partial charge < -0.3 is 9.16 Å². The highest BCUT2D eigenvalue weighted by atomic mass is 28.4.